The summed E-state index contributed by atoms with van der Waals surface area (Å²) in [6.07, 6.45) is 3.67. The average molecular weight is 552 g/mol. The fraction of sp³-hybridized carbons (Fsp3) is 0.267. The first-order chi connectivity index (χ1) is 19.2. The lowest BCUT2D eigenvalue weighted by molar-refractivity contribution is -0.140. The molecule has 0 unspecified atom stereocenters. The van der Waals surface area contributed by atoms with Crippen LogP contribution in [0.2, 0.25) is 0 Å². The Labute approximate surface area is 231 Å². The van der Waals surface area contributed by atoms with Crippen LogP contribution in [0.25, 0.3) is 0 Å². The van der Waals surface area contributed by atoms with Gasteiger partial charge >= 0.3 is 5.97 Å². The van der Waals surface area contributed by atoms with Crippen molar-refractivity contribution in [1.29, 1.82) is 0 Å². The van der Waals surface area contributed by atoms with Crippen LogP contribution in [-0.4, -0.2) is 30.8 Å². The number of anilines is 3. The second-order valence-electron chi connectivity index (χ2n) is 9.09. The van der Waals surface area contributed by atoms with E-state index in [0.717, 1.165) is 12.8 Å². The van der Waals surface area contributed by atoms with E-state index in [1.54, 1.807) is 24.3 Å². The number of ether oxygens (including phenoxy) is 1. The Kier molecular flexibility index (Phi) is 11.3. The summed E-state index contributed by atoms with van der Waals surface area (Å²) in [6, 6.07) is 16.5. The minimum Gasteiger partial charge on any atom is -0.469 e. The smallest absolute Gasteiger partial charge is 0.305 e. The second-order valence-corrected chi connectivity index (χ2v) is 9.09. The molecule has 0 spiro atoms. The molecule has 0 atom stereocenters. The van der Waals surface area contributed by atoms with Gasteiger partial charge in [-0.2, -0.15) is 0 Å². The predicted octanol–water partition coefficient (Wildman–Crippen LogP) is 5.78. The molecule has 210 valence electrons. The largest absolute Gasteiger partial charge is 0.469 e. The summed E-state index contributed by atoms with van der Waals surface area (Å²) in [5.74, 6) is -3.99. The molecule has 3 N–H and O–H groups in total. The molecular weight excluding hydrogens is 520 g/mol. The molecule has 0 radical (unpaired) electrons. The summed E-state index contributed by atoms with van der Waals surface area (Å²) in [5.41, 5.74) is 1.46. The SMILES string of the molecule is COC(=O)CCCCCCC(=O)Nc1ccc(C(C(=O)Nc2ccc(F)cc2)C(=O)Nc2ccc(F)cc2)cc1. The van der Waals surface area contributed by atoms with Crippen molar-refractivity contribution in [3.05, 3.63) is 90.0 Å². The maximum Gasteiger partial charge on any atom is 0.305 e. The van der Waals surface area contributed by atoms with Gasteiger partial charge in [-0.05, 0) is 79.1 Å². The molecule has 3 aromatic rings. The Morgan fingerprint density at radius 1 is 0.625 bits per heavy atom. The van der Waals surface area contributed by atoms with Crippen molar-refractivity contribution in [2.24, 2.45) is 0 Å². The summed E-state index contributed by atoms with van der Waals surface area (Å²) in [4.78, 5) is 49.8. The van der Waals surface area contributed by atoms with Gasteiger partial charge in [0.15, 0.2) is 0 Å². The Balaban J connectivity index is 1.64. The van der Waals surface area contributed by atoms with E-state index >= 15 is 0 Å². The summed E-state index contributed by atoms with van der Waals surface area (Å²) in [7, 11) is 1.35. The minimum atomic E-state index is -1.30. The first kappa shape index (κ1) is 29.9. The number of unbranched alkanes of at least 4 members (excludes halogenated alkanes) is 3. The number of carbonyl (C=O) groups is 4. The van der Waals surface area contributed by atoms with Crippen LogP contribution in [0.15, 0.2) is 72.8 Å². The number of esters is 1. The van der Waals surface area contributed by atoms with Gasteiger partial charge in [-0.1, -0.05) is 25.0 Å². The molecule has 0 saturated carbocycles. The highest BCUT2D eigenvalue weighted by atomic mass is 19.1. The third-order valence-corrected chi connectivity index (χ3v) is 6.04. The van der Waals surface area contributed by atoms with E-state index in [1.807, 2.05) is 0 Å². The van der Waals surface area contributed by atoms with Crippen molar-refractivity contribution >= 4 is 40.8 Å². The minimum absolute atomic E-state index is 0.180. The molecule has 3 amide bonds. The number of hydrogen-bond acceptors (Lipinski definition) is 5. The Bertz CT molecular complexity index is 1240. The zero-order valence-corrected chi connectivity index (χ0v) is 22.0. The van der Waals surface area contributed by atoms with Crippen molar-refractivity contribution in [3.8, 4) is 0 Å². The third kappa shape index (κ3) is 9.61. The van der Waals surface area contributed by atoms with Gasteiger partial charge in [-0.15, -0.1) is 0 Å². The molecule has 8 nitrogen and oxygen atoms in total. The van der Waals surface area contributed by atoms with E-state index in [2.05, 4.69) is 20.7 Å². The van der Waals surface area contributed by atoms with Crippen LogP contribution in [0.5, 0.6) is 0 Å². The molecule has 3 rings (SSSR count). The first-order valence-electron chi connectivity index (χ1n) is 12.8. The van der Waals surface area contributed by atoms with Gasteiger partial charge < -0.3 is 20.7 Å². The number of hydrogen-bond donors (Lipinski definition) is 3. The topological polar surface area (TPSA) is 114 Å². The van der Waals surface area contributed by atoms with E-state index in [1.165, 1.54) is 55.6 Å². The van der Waals surface area contributed by atoms with Crippen molar-refractivity contribution in [2.45, 2.75) is 44.4 Å². The number of halogens is 2. The van der Waals surface area contributed by atoms with Crippen LogP contribution in [0.4, 0.5) is 25.8 Å². The van der Waals surface area contributed by atoms with Gasteiger partial charge in [0.1, 0.15) is 17.6 Å². The molecule has 0 aliphatic heterocycles. The van der Waals surface area contributed by atoms with Crippen LogP contribution in [0.3, 0.4) is 0 Å². The number of rotatable bonds is 13. The summed E-state index contributed by atoms with van der Waals surface area (Å²) < 4.78 is 31.2. The zero-order valence-electron chi connectivity index (χ0n) is 22.0. The maximum absolute atomic E-state index is 13.3. The number of amides is 3. The van der Waals surface area contributed by atoms with Gasteiger partial charge in [-0.3, -0.25) is 19.2 Å². The lowest BCUT2D eigenvalue weighted by Crippen LogP contribution is -2.32. The molecule has 0 heterocycles. The lowest BCUT2D eigenvalue weighted by atomic mass is 9.96. The van der Waals surface area contributed by atoms with Crippen LogP contribution in [0.1, 0.15) is 50.0 Å². The van der Waals surface area contributed by atoms with Gasteiger partial charge in [0.25, 0.3) is 0 Å². The summed E-state index contributed by atoms with van der Waals surface area (Å²) >= 11 is 0. The van der Waals surface area contributed by atoms with Crippen LogP contribution in [-0.2, 0) is 23.9 Å². The van der Waals surface area contributed by atoms with Crippen molar-refractivity contribution < 1.29 is 32.7 Å². The highest BCUT2D eigenvalue weighted by Gasteiger charge is 2.29. The fourth-order valence-electron chi connectivity index (χ4n) is 3.91. The van der Waals surface area contributed by atoms with Crippen molar-refractivity contribution in [3.63, 3.8) is 0 Å². The fourth-order valence-corrected chi connectivity index (χ4v) is 3.91. The molecular formula is C30H31F2N3O5. The molecule has 0 aliphatic carbocycles. The van der Waals surface area contributed by atoms with Gasteiger partial charge in [0.05, 0.1) is 7.11 Å². The maximum atomic E-state index is 13.3. The van der Waals surface area contributed by atoms with Gasteiger partial charge in [-0.25, -0.2) is 8.78 Å². The van der Waals surface area contributed by atoms with Crippen LogP contribution in [0, 0.1) is 11.6 Å². The summed E-state index contributed by atoms with van der Waals surface area (Å²) in [5, 5.41) is 8.02. The van der Waals surface area contributed by atoms with E-state index in [0.29, 0.717) is 48.3 Å². The molecule has 40 heavy (non-hydrogen) atoms. The molecule has 0 bridgehead atoms. The van der Waals surface area contributed by atoms with Gasteiger partial charge in [0, 0.05) is 29.9 Å². The monoisotopic (exact) mass is 551 g/mol. The number of benzene rings is 3. The second kappa shape index (κ2) is 15.1. The van der Waals surface area contributed by atoms with Gasteiger partial charge in [0.2, 0.25) is 17.7 Å². The van der Waals surface area contributed by atoms with E-state index in [9.17, 15) is 28.0 Å². The lowest BCUT2D eigenvalue weighted by Gasteiger charge is -2.18. The first-order valence-corrected chi connectivity index (χ1v) is 12.8. The van der Waals surface area contributed by atoms with Crippen LogP contribution < -0.4 is 16.0 Å². The molecule has 0 aliphatic rings. The van der Waals surface area contributed by atoms with Crippen molar-refractivity contribution in [1.82, 2.24) is 0 Å². The normalized spacial score (nSPS) is 10.6. The van der Waals surface area contributed by atoms with Crippen LogP contribution >= 0.6 is 0 Å². The Hall–Kier alpha value is -4.60. The molecule has 0 saturated heterocycles. The number of nitrogens with one attached hydrogen (secondary N) is 3. The molecule has 3 aromatic carbocycles. The van der Waals surface area contributed by atoms with E-state index in [4.69, 9.17) is 0 Å². The molecule has 0 fully saturated rings. The standard InChI is InChI=1S/C30H31F2N3O5/c1-40-27(37)7-5-3-2-4-6-26(36)33-23-14-8-20(9-15-23)28(29(38)34-24-16-10-21(31)11-17-24)30(39)35-25-18-12-22(32)13-19-25/h8-19,28H,2-7H2,1H3,(H,33,36)(H,34,38)(H,35,39). The van der Waals surface area contributed by atoms with E-state index in [-0.39, 0.29) is 11.9 Å². The number of methoxy groups -OCH3 is 1. The highest BCUT2D eigenvalue weighted by Crippen LogP contribution is 2.24. The zero-order chi connectivity index (χ0) is 28.9. The quantitative estimate of drug-likeness (QED) is 0.142. The highest BCUT2D eigenvalue weighted by molar-refractivity contribution is 6.15. The average Bonchev–Trinajstić information content (AvgIpc) is 2.94. The van der Waals surface area contributed by atoms with E-state index < -0.39 is 29.4 Å². The predicted molar refractivity (Wildman–Crippen MR) is 148 cm³/mol. The molecule has 0 aromatic heterocycles. The third-order valence-electron chi connectivity index (χ3n) is 6.04. The summed E-state index contributed by atoms with van der Waals surface area (Å²) in [6.45, 7) is 0. The van der Waals surface area contributed by atoms with Crippen molar-refractivity contribution in [2.75, 3.05) is 23.1 Å². The number of carbonyl (C=O) groups excluding carboxylic acids is 4. The Morgan fingerprint density at radius 3 is 1.52 bits per heavy atom. The molecule has 10 heteroatoms. The Morgan fingerprint density at radius 2 is 1.05 bits per heavy atom.